The van der Waals surface area contributed by atoms with Crippen molar-refractivity contribution >= 4 is 27.3 Å². The third-order valence-corrected chi connectivity index (χ3v) is 5.51. The maximum Gasteiger partial charge on any atom is 0.265 e. The predicted octanol–water partition coefficient (Wildman–Crippen LogP) is 0.323. The van der Waals surface area contributed by atoms with Gasteiger partial charge in [0.1, 0.15) is 5.75 Å². The van der Waals surface area contributed by atoms with Crippen LogP contribution in [0.1, 0.15) is 23.7 Å². The van der Waals surface area contributed by atoms with E-state index in [2.05, 4.69) is 10.6 Å². The Kier molecular flexibility index (Phi) is 3.56. The van der Waals surface area contributed by atoms with Crippen LogP contribution in [0.25, 0.3) is 0 Å². The van der Waals surface area contributed by atoms with Crippen LogP contribution in [0.15, 0.2) is 18.2 Å². The molecule has 2 aliphatic heterocycles. The summed E-state index contributed by atoms with van der Waals surface area (Å²) in [6, 6.07) is 4.37. The number of fused-ring (bicyclic) bond motifs is 1. The Morgan fingerprint density at radius 1 is 1.41 bits per heavy atom. The van der Waals surface area contributed by atoms with Gasteiger partial charge >= 0.3 is 0 Å². The normalized spacial score (nSPS) is 25.8. The fourth-order valence-electron chi connectivity index (χ4n) is 2.53. The van der Waals surface area contributed by atoms with Gasteiger partial charge in [-0.05, 0) is 31.5 Å². The monoisotopic (exact) mass is 324 g/mol. The molecule has 8 heteroatoms. The summed E-state index contributed by atoms with van der Waals surface area (Å²) >= 11 is 0. The summed E-state index contributed by atoms with van der Waals surface area (Å²) in [4.78, 5) is 23.8. The number of anilines is 1. The first-order chi connectivity index (χ1) is 10.3. The van der Waals surface area contributed by atoms with E-state index in [0.717, 1.165) is 0 Å². The smallest absolute Gasteiger partial charge is 0.265 e. The highest BCUT2D eigenvalue weighted by Crippen LogP contribution is 2.30. The fraction of sp³-hybridized carbons (Fsp3) is 0.429. The van der Waals surface area contributed by atoms with Crippen LogP contribution in [0.5, 0.6) is 5.75 Å². The first-order valence-corrected chi connectivity index (χ1v) is 8.79. The van der Waals surface area contributed by atoms with E-state index in [1.54, 1.807) is 19.1 Å². The number of hydrogen-bond acceptors (Lipinski definition) is 5. The van der Waals surface area contributed by atoms with E-state index in [4.69, 9.17) is 4.74 Å². The molecule has 7 nitrogen and oxygen atoms in total. The van der Waals surface area contributed by atoms with Crippen LogP contribution in [0, 0.1) is 0 Å². The standard InChI is InChI=1S/C14H16N2O5S/c1-8-13(17)16-11-6-9(2-3-12(11)21-8)14(18)15-10-4-5-22(19,20)7-10/h2-3,6,8,10H,4-5,7H2,1H3,(H,15,18)(H,16,17). The molecular formula is C14H16N2O5S. The van der Waals surface area contributed by atoms with Gasteiger partial charge in [-0.25, -0.2) is 8.42 Å². The quantitative estimate of drug-likeness (QED) is 0.816. The highest BCUT2D eigenvalue weighted by atomic mass is 32.2. The van der Waals surface area contributed by atoms with Crippen LogP contribution in [0.4, 0.5) is 5.69 Å². The van der Waals surface area contributed by atoms with Crippen molar-refractivity contribution in [3.8, 4) is 5.75 Å². The molecule has 1 aromatic carbocycles. The van der Waals surface area contributed by atoms with Gasteiger partial charge in [-0.2, -0.15) is 0 Å². The van der Waals surface area contributed by atoms with Crippen molar-refractivity contribution in [3.05, 3.63) is 23.8 Å². The maximum absolute atomic E-state index is 12.2. The molecule has 0 radical (unpaired) electrons. The summed E-state index contributed by atoms with van der Waals surface area (Å²) < 4.78 is 28.2. The second-order valence-corrected chi connectivity index (χ2v) is 7.76. The van der Waals surface area contributed by atoms with Crippen molar-refractivity contribution in [3.63, 3.8) is 0 Å². The molecule has 0 saturated carbocycles. The van der Waals surface area contributed by atoms with Crippen molar-refractivity contribution in [2.75, 3.05) is 16.8 Å². The SMILES string of the molecule is CC1Oc2ccc(C(=O)NC3CCS(=O)(=O)C3)cc2NC1=O. The fourth-order valence-corrected chi connectivity index (χ4v) is 4.20. The van der Waals surface area contributed by atoms with E-state index in [9.17, 15) is 18.0 Å². The summed E-state index contributed by atoms with van der Waals surface area (Å²) in [5.41, 5.74) is 0.788. The van der Waals surface area contributed by atoms with Crippen molar-refractivity contribution in [1.29, 1.82) is 0 Å². The summed E-state index contributed by atoms with van der Waals surface area (Å²) in [5, 5.41) is 5.38. The number of carbonyl (C=O) groups excluding carboxylic acids is 2. The van der Waals surface area contributed by atoms with Crippen LogP contribution in [0.3, 0.4) is 0 Å². The van der Waals surface area contributed by atoms with Gasteiger partial charge in [0, 0.05) is 11.6 Å². The number of nitrogens with one attached hydrogen (secondary N) is 2. The average Bonchev–Trinajstić information content (AvgIpc) is 2.78. The van der Waals surface area contributed by atoms with E-state index in [-0.39, 0.29) is 29.4 Å². The molecule has 1 aromatic rings. The second kappa shape index (κ2) is 5.28. The number of carbonyl (C=O) groups is 2. The Morgan fingerprint density at radius 2 is 2.18 bits per heavy atom. The molecule has 0 spiro atoms. The lowest BCUT2D eigenvalue weighted by molar-refractivity contribution is -0.122. The molecule has 2 aliphatic rings. The van der Waals surface area contributed by atoms with Gasteiger partial charge in [0.2, 0.25) is 0 Å². The lowest BCUT2D eigenvalue weighted by Crippen LogP contribution is -2.36. The topological polar surface area (TPSA) is 102 Å². The molecule has 2 unspecified atom stereocenters. The van der Waals surface area contributed by atoms with Gasteiger partial charge in [-0.3, -0.25) is 9.59 Å². The van der Waals surface area contributed by atoms with Crippen molar-refractivity contribution in [1.82, 2.24) is 5.32 Å². The number of sulfone groups is 1. The highest BCUT2D eigenvalue weighted by molar-refractivity contribution is 7.91. The van der Waals surface area contributed by atoms with Crippen molar-refractivity contribution < 1.29 is 22.7 Å². The second-order valence-electron chi connectivity index (χ2n) is 5.53. The molecule has 2 amide bonds. The van der Waals surface area contributed by atoms with E-state index < -0.39 is 15.9 Å². The Hall–Kier alpha value is -2.09. The molecule has 22 heavy (non-hydrogen) atoms. The first-order valence-electron chi connectivity index (χ1n) is 6.97. The molecular weight excluding hydrogens is 308 g/mol. The molecule has 0 bridgehead atoms. The molecule has 3 rings (SSSR count). The minimum absolute atomic E-state index is 0.0267. The Morgan fingerprint density at radius 3 is 2.86 bits per heavy atom. The van der Waals surface area contributed by atoms with Gasteiger partial charge in [-0.1, -0.05) is 0 Å². The largest absolute Gasteiger partial charge is 0.479 e. The highest BCUT2D eigenvalue weighted by Gasteiger charge is 2.30. The van der Waals surface area contributed by atoms with Crippen molar-refractivity contribution in [2.45, 2.75) is 25.5 Å². The zero-order chi connectivity index (χ0) is 15.9. The molecule has 118 valence electrons. The van der Waals surface area contributed by atoms with Crippen LogP contribution >= 0.6 is 0 Å². The van der Waals surface area contributed by atoms with Crippen molar-refractivity contribution in [2.24, 2.45) is 0 Å². The number of benzene rings is 1. The predicted molar refractivity (Wildman–Crippen MR) is 79.7 cm³/mol. The van der Waals surface area contributed by atoms with E-state index >= 15 is 0 Å². The molecule has 0 aromatic heterocycles. The Balaban J connectivity index is 1.74. The maximum atomic E-state index is 12.2. The molecule has 2 N–H and O–H groups in total. The van der Waals surface area contributed by atoms with Gasteiger partial charge in [0.25, 0.3) is 11.8 Å². The minimum atomic E-state index is -3.04. The number of hydrogen-bond donors (Lipinski definition) is 2. The zero-order valence-electron chi connectivity index (χ0n) is 12.0. The van der Waals surface area contributed by atoms with E-state index in [1.165, 1.54) is 6.07 Å². The Labute approximate surface area is 128 Å². The average molecular weight is 324 g/mol. The summed E-state index contributed by atoms with van der Waals surface area (Å²) in [7, 11) is -3.04. The Bertz CT molecular complexity index is 744. The zero-order valence-corrected chi connectivity index (χ0v) is 12.8. The summed E-state index contributed by atoms with van der Waals surface area (Å²) in [6.07, 6.45) is -0.146. The first kappa shape index (κ1) is 14.8. The number of rotatable bonds is 2. The minimum Gasteiger partial charge on any atom is -0.479 e. The molecule has 1 fully saturated rings. The van der Waals surface area contributed by atoms with E-state index in [1.807, 2.05) is 0 Å². The molecule has 0 aliphatic carbocycles. The van der Waals surface area contributed by atoms with Crippen LogP contribution in [-0.2, 0) is 14.6 Å². The van der Waals surface area contributed by atoms with Crippen LogP contribution in [-0.4, -0.2) is 43.9 Å². The molecule has 1 saturated heterocycles. The van der Waals surface area contributed by atoms with Gasteiger partial charge in [0.05, 0.1) is 17.2 Å². The third-order valence-electron chi connectivity index (χ3n) is 3.74. The molecule has 2 atom stereocenters. The molecule has 2 heterocycles. The van der Waals surface area contributed by atoms with Crippen LogP contribution in [0.2, 0.25) is 0 Å². The lowest BCUT2D eigenvalue weighted by atomic mass is 10.1. The van der Waals surface area contributed by atoms with Gasteiger partial charge in [0.15, 0.2) is 15.9 Å². The summed E-state index contributed by atoms with van der Waals surface area (Å²) in [6.45, 7) is 1.64. The van der Waals surface area contributed by atoms with Crippen LogP contribution < -0.4 is 15.4 Å². The van der Waals surface area contributed by atoms with Gasteiger partial charge < -0.3 is 15.4 Å². The van der Waals surface area contributed by atoms with E-state index in [0.29, 0.717) is 23.4 Å². The lowest BCUT2D eigenvalue weighted by Gasteiger charge is -2.23. The third kappa shape index (κ3) is 2.92. The van der Waals surface area contributed by atoms with Gasteiger partial charge in [-0.15, -0.1) is 0 Å². The number of amides is 2. The number of ether oxygens (including phenoxy) is 1. The summed E-state index contributed by atoms with van der Waals surface area (Å²) in [5.74, 6) is -0.0536.